The minimum absolute atomic E-state index is 0.169. The van der Waals surface area contributed by atoms with Crippen molar-refractivity contribution in [3.63, 3.8) is 0 Å². The minimum atomic E-state index is -0.513. The molecule has 16 heavy (non-hydrogen) atoms. The highest BCUT2D eigenvalue weighted by Gasteiger charge is 2.32. The average molecular weight is 230 g/mol. The molecular formula is C13H26O3. The second-order valence-electron chi connectivity index (χ2n) is 6.78. The lowest BCUT2D eigenvalue weighted by molar-refractivity contribution is -0.242. The van der Waals surface area contributed by atoms with E-state index >= 15 is 0 Å². The predicted octanol–water partition coefficient (Wildman–Crippen LogP) is 3.88. The van der Waals surface area contributed by atoms with Crippen LogP contribution in [0.2, 0.25) is 0 Å². The van der Waals surface area contributed by atoms with E-state index in [0.29, 0.717) is 0 Å². The van der Waals surface area contributed by atoms with Gasteiger partial charge in [-0.2, -0.15) is 5.26 Å². The van der Waals surface area contributed by atoms with Gasteiger partial charge in [-0.25, -0.2) is 4.79 Å². The number of hydrogen-bond donors (Lipinski definition) is 1. The molecule has 3 nitrogen and oxygen atoms in total. The second kappa shape index (κ2) is 5.67. The molecule has 0 aromatic heterocycles. The summed E-state index contributed by atoms with van der Waals surface area (Å²) in [6.45, 7) is 12.5. The van der Waals surface area contributed by atoms with Crippen LogP contribution in [0.4, 0.5) is 0 Å². The molecule has 1 N–H and O–H groups in total. The molecule has 0 rings (SSSR count). The lowest BCUT2D eigenvalue weighted by atomic mass is 9.76. The maximum atomic E-state index is 11.4. The SMILES string of the molecule is CC(C)(C)CCCC(C(=O)OO)C(C)(C)C. The second-order valence-corrected chi connectivity index (χ2v) is 6.78. The summed E-state index contributed by atoms with van der Waals surface area (Å²) in [6.07, 6.45) is 2.80. The molecule has 96 valence electrons. The van der Waals surface area contributed by atoms with E-state index in [4.69, 9.17) is 5.26 Å². The van der Waals surface area contributed by atoms with Crippen LogP contribution in [0.5, 0.6) is 0 Å². The lowest BCUT2D eigenvalue weighted by Crippen LogP contribution is -2.30. The summed E-state index contributed by atoms with van der Waals surface area (Å²) >= 11 is 0. The van der Waals surface area contributed by atoms with Gasteiger partial charge < -0.3 is 4.89 Å². The molecule has 0 radical (unpaired) electrons. The molecule has 0 heterocycles. The van der Waals surface area contributed by atoms with Gasteiger partial charge in [0.25, 0.3) is 0 Å². The van der Waals surface area contributed by atoms with Crippen molar-refractivity contribution in [1.29, 1.82) is 0 Å². The Kier molecular flexibility index (Phi) is 5.47. The van der Waals surface area contributed by atoms with Crippen LogP contribution in [0, 0.1) is 16.7 Å². The quantitative estimate of drug-likeness (QED) is 0.589. The third kappa shape index (κ3) is 6.11. The molecule has 0 amide bonds. The van der Waals surface area contributed by atoms with Crippen LogP contribution in [-0.4, -0.2) is 11.2 Å². The Labute approximate surface area is 99.1 Å². The van der Waals surface area contributed by atoms with Crippen LogP contribution in [0.15, 0.2) is 0 Å². The molecule has 0 spiro atoms. The maximum absolute atomic E-state index is 11.4. The largest absolute Gasteiger partial charge is 0.345 e. The normalized spacial score (nSPS) is 14.7. The van der Waals surface area contributed by atoms with Crippen LogP contribution < -0.4 is 0 Å². The van der Waals surface area contributed by atoms with Crippen molar-refractivity contribution in [1.82, 2.24) is 0 Å². The van der Waals surface area contributed by atoms with E-state index in [2.05, 4.69) is 25.7 Å². The van der Waals surface area contributed by atoms with Crippen molar-refractivity contribution in [2.45, 2.75) is 60.8 Å². The van der Waals surface area contributed by atoms with Crippen LogP contribution in [0.25, 0.3) is 0 Å². The van der Waals surface area contributed by atoms with Gasteiger partial charge in [-0.3, -0.25) is 0 Å². The van der Waals surface area contributed by atoms with Gasteiger partial charge in [0.2, 0.25) is 0 Å². The first kappa shape index (κ1) is 15.4. The Morgan fingerprint density at radius 2 is 1.69 bits per heavy atom. The van der Waals surface area contributed by atoms with Crippen LogP contribution in [0.3, 0.4) is 0 Å². The Hall–Kier alpha value is -0.570. The van der Waals surface area contributed by atoms with Gasteiger partial charge in [0.1, 0.15) is 0 Å². The molecule has 0 aliphatic carbocycles. The van der Waals surface area contributed by atoms with Gasteiger partial charge >= 0.3 is 5.97 Å². The van der Waals surface area contributed by atoms with E-state index in [0.717, 1.165) is 19.3 Å². The van der Waals surface area contributed by atoms with Crippen LogP contribution >= 0.6 is 0 Å². The van der Waals surface area contributed by atoms with E-state index in [-0.39, 0.29) is 16.7 Å². The van der Waals surface area contributed by atoms with Gasteiger partial charge in [-0.1, -0.05) is 48.0 Å². The van der Waals surface area contributed by atoms with Crippen molar-refractivity contribution >= 4 is 5.97 Å². The molecule has 0 fully saturated rings. The summed E-state index contributed by atoms with van der Waals surface area (Å²) in [5.41, 5.74) is 0.114. The predicted molar refractivity (Wildman–Crippen MR) is 65.0 cm³/mol. The van der Waals surface area contributed by atoms with Gasteiger partial charge in [-0.15, -0.1) is 0 Å². The molecule has 0 saturated carbocycles. The molecule has 0 saturated heterocycles. The van der Waals surface area contributed by atoms with E-state index in [1.807, 2.05) is 20.8 Å². The smallest absolute Gasteiger partial charge is 0.301 e. The summed E-state index contributed by atoms with van der Waals surface area (Å²) in [5, 5.41) is 8.48. The van der Waals surface area contributed by atoms with Crippen LogP contribution in [0.1, 0.15) is 60.8 Å². The van der Waals surface area contributed by atoms with Gasteiger partial charge in [0.05, 0.1) is 5.92 Å². The zero-order chi connectivity index (χ0) is 13.0. The Balaban J connectivity index is 4.31. The summed E-state index contributed by atoms with van der Waals surface area (Å²) in [6, 6.07) is 0. The minimum Gasteiger partial charge on any atom is -0.301 e. The first-order valence-corrected chi connectivity index (χ1v) is 5.93. The number of rotatable bonds is 4. The van der Waals surface area contributed by atoms with Crippen molar-refractivity contribution in [3.8, 4) is 0 Å². The molecule has 0 bridgehead atoms. The van der Waals surface area contributed by atoms with Crippen molar-refractivity contribution in [2.24, 2.45) is 16.7 Å². The average Bonchev–Trinajstić information content (AvgIpc) is 2.07. The third-order valence-corrected chi connectivity index (χ3v) is 2.84. The first-order chi connectivity index (χ1) is 7.08. The molecule has 0 aliphatic rings. The van der Waals surface area contributed by atoms with Gasteiger partial charge in [0.15, 0.2) is 0 Å². The van der Waals surface area contributed by atoms with Gasteiger partial charge in [-0.05, 0) is 23.7 Å². The summed E-state index contributed by atoms with van der Waals surface area (Å²) in [4.78, 5) is 15.3. The molecule has 1 unspecified atom stereocenters. The van der Waals surface area contributed by atoms with E-state index in [1.165, 1.54) is 0 Å². The fourth-order valence-electron chi connectivity index (χ4n) is 1.80. The molecule has 1 atom stereocenters. The Bertz CT molecular complexity index is 220. The van der Waals surface area contributed by atoms with Gasteiger partial charge in [0, 0.05) is 0 Å². The molecule has 0 aliphatic heterocycles. The van der Waals surface area contributed by atoms with Crippen LogP contribution in [-0.2, 0) is 9.68 Å². The monoisotopic (exact) mass is 230 g/mol. The number of carbonyl (C=O) groups is 1. The standard InChI is InChI=1S/C13H26O3/c1-12(2,3)9-7-8-10(11(14)16-15)13(4,5)6/h10,15H,7-9H2,1-6H3. The zero-order valence-electron chi connectivity index (χ0n) is 11.5. The molecule has 0 aromatic rings. The number of hydrogen-bond acceptors (Lipinski definition) is 3. The zero-order valence-corrected chi connectivity index (χ0v) is 11.5. The van der Waals surface area contributed by atoms with Crippen molar-refractivity contribution in [2.75, 3.05) is 0 Å². The Morgan fingerprint density at radius 1 is 1.19 bits per heavy atom. The fourth-order valence-corrected chi connectivity index (χ4v) is 1.80. The van der Waals surface area contributed by atoms with Crippen molar-refractivity contribution in [3.05, 3.63) is 0 Å². The summed E-state index contributed by atoms with van der Waals surface area (Å²) < 4.78 is 0. The molecule has 0 aromatic carbocycles. The summed E-state index contributed by atoms with van der Waals surface area (Å²) in [7, 11) is 0. The maximum Gasteiger partial charge on any atom is 0.345 e. The lowest BCUT2D eigenvalue weighted by Gasteiger charge is -2.28. The highest BCUT2D eigenvalue weighted by molar-refractivity contribution is 5.72. The topological polar surface area (TPSA) is 46.5 Å². The third-order valence-electron chi connectivity index (χ3n) is 2.84. The Morgan fingerprint density at radius 3 is 2.00 bits per heavy atom. The first-order valence-electron chi connectivity index (χ1n) is 5.93. The van der Waals surface area contributed by atoms with E-state index in [1.54, 1.807) is 0 Å². The highest BCUT2D eigenvalue weighted by Crippen LogP contribution is 2.33. The van der Waals surface area contributed by atoms with E-state index in [9.17, 15) is 4.79 Å². The highest BCUT2D eigenvalue weighted by atomic mass is 17.1. The van der Waals surface area contributed by atoms with E-state index < -0.39 is 5.97 Å². The fraction of sp³-hybridized carbons (Fsp3) is 0.923. The molecular weight excluding hydrogens is 204 g/mol. The van der Waals surface area contributed by atoms with Crippen molar-refractivity contribution < 1.29 is 14.9 Å². The summed E-state index contributed by atoms with van der Waals surface area (Å²) in [5.74, 6) is -0.749. The molecule has 3 heteroatoms. The number of carbonyl (C=O) groups excluding carboxylic acids is 1.